The third-order valence-electron chi connectivity index (χ3n) is 5.62. The molecule has 7 heteroatoms. The van der Waals surface area contributed by atoms with Gasteiger partial charge in [-0.25, -0.2) is 8.78 Å². The number of ether oxygens (including phenoxy) is 1. The summed E-state index contributed by atoms with van der Waals surface area (Å²) in [6.07, 6.45) is 3.58. The van der Waals surface area contributed by atoms with Gasteiger partial charge < -0.3 is 15.2 Å². The van der Waals surface area contributed by atoms with Gasteiger partial charge in [-0.15, -0.1) is 11.8 Å². The molecule has 1 saturated heterocycles. The Morgan fingerprint density at radius 1 is 1.41 bits per heavy atom. The molecule has 0 bridgehead atoms. The number of carbonyl (C=O) groups excluding carboxylic acids is 1. The van der Waals surface area contributed by atoms with Gasteiger partial charge in [0.15, 0.2) is 5.82 Å². The summed E-state index contributed by atoms with van der Waals surface area (Å²) < 4.78 is 34.3. The Kier molecular flexibility index (Phi) is 6.13. The van der Waals surface area contributed by atoms with Crippen LogP contribution < -0.4 is 5.32 Å². The van der Waals surface area contributed by atoms with Crippen molar-refractivity contribution in [3.8, 4) is 0 Å². The molecule has 1 aromatic rings. The Balaban J connectivity index is 1.68. The minimum absolute atomic E-state index is 0.0873. The van der Waals surface area contributed by atoms with Gasteiger partial charge in [-0.05, 0) is 43.7 Å². The first kappa shape index (κ1) is 20.6. The number of hydrogen-bond donors (Lipinski definition) is 2. The summed E-state index contributed by atoms with van der Waals surface area (Å²) in [5.74, 6) is -1.11. The van der Waals surface area contributed by atoms with Gasteiger partial charge in [0.05, 0.1) is 12.2 Å². The summed E-state index contributed by atoms with van der Waals surface area (Å²) in [7, 11) is 0. The Labute approximate surface area is 163 Å². The van der Waals surface area contributed by atoms with Crippen molar-refractivity contribution < 1.29 is 23.4 Å². The number of carbonyl (C=O) groups is 1. The van der Waals surface area contributed by atoms with E-state index in [1.807, 2.05) is 13.8 Å². The van der Waals surface area contributed by atoms with E-state index < -0.39 is 34.1 Å². The normalized spacial score (nSPS) is 23.3. The Morgan fingerprint density at radius 3 is 2.78 bits per heavy atom. The van der Waals surface area contributed by atoms with Crippen molar-refractivity contribution in [1.29, 1.82) is 0 Å². The van der Waals surface area contributed by atoms with Gasteiger partial charge in [0.2, 0.25) is 0 Å². The molecule has 2 N–H and O–H groups in total. The number of benzene rings is 1. The molecule has 1 saturated carbocycles. The van der Waals surface area contributed by atoms with E-state index in [-0.39, 0.29) is 13.2 Å². The zero-order valence-corrected chi connectivity index (χ0v) is 16.6. The minimum atomic E-state index is -1.09. The summed E-state index contributed by atoms with van der Waals surface area (Å²) in [6.45, 7) is 4.51. The Bertz CT molecular complexity index is 701. The molecule has 0 aromatic heterocycles. The molecule has 2 aliphatic rings. The fraction of sp³-hybridized carbons (Fsp3) is 0.650. The van der Waals surface area contributed by atoms with Crippen molar-refractivity contribution in [1.82, 2.24) is 5.32 Å². The lowest BCUT2D eigenvalue weighted by Gasteiger charge is -2.44. The van der Waals surface area contributed by atoms with E-state index in [0.29, 0.717) is 23.8 Å². The van der Waals surface area contributed by atoms with Crippen LogP contribution in [0.25, 0.3) is 0 Å². The van der Waals surface area contributed by atoms with E-state index in [1.54, 1.807) is 0 Å². The number of halogens is 2. The van der Waals surface area contributed by atoms with Crippen molar-refractivity contribution in [2.24, 2.45) is 11.3 Å². The molecule has 0 spiro atoms. The molecule has 0 radical (unpaired) electrons. The van der Waals surface area contributed by atoms with Gasteiger partial charge in [-0.2, -0.15) is 0 Å². The van der Waals surface area contributed by atoms with Gasteiger partial charge in [-0.3, -0.25) is 4.79 Å². The zero-order chi connectivity index (χ0) is 19.7. The van der Waals surface area contributed by atoms with Crippen molar-refractivity contribution in [2.75, 3.05) is 25.5 Å². The first-order valence-electron chi connectivity index (χ1n) is 9.43. The van der Waals surface area contributed by atoms with Crippen LogP contribution in [0.4, 0.5) is 8.78 Å². The van der Waals surface area contributed by atoms with Crippen molar-refractivity contribution in [3.63, 3.8) is 0 Å². The average molecular weight is 400 g/mol. The van der Waals surface area contributed by atoms with Crippen LogP contribution in [0.3, 0.4) is 0 Å². The van der Waals surface area contributed by atoms with Crippen molar-refractivity contribution in [2.45, 2.75) is 50.0 Å². The second-order valence-corrected chi connectivity index (χ2v) is 9.31. The Morgan fingerprint density at radius 2 is 2.15 bits per heavy atom. The van der Waals surface area contributed by atoms with E-state index in [2.05, 4.69) is 5.32 Å². The lowest BCUT2D eigenvalue weighted by Crippen LogP contribution is -2.55. The predicted octanol–water partition coefficient (Wildman–Crippen LogP) is 3.76. The lowest BCUT2D eigenvalue weighted by atomic mass is 9.72. The average Bonchev–Trinajstić information content (AvgIpc) is 3.44. The summed E-state index contributed by atoms with van der Waals surface area (Å²) in [5.41, 5.74) is -2.34. The van der Waals surface area contributed by atoms with Gasteiger partial charge in [0.25, 0.3) is 5.91 Å². The predicted molar refractivity (Wildman–Crippen MR) is 101 cm³/mol. The summed E-state index contributed by atoms with van der Waals surface area (Å²) >= 11 is 1.33. The van der Waals surface area contributed by atoms with Crippen LogP contribution in [0.15, 0.2) is 17.0 Å². The highest BCUT2D eigenvalue weighted by atomic mass is 32.2. The highest BCUT2D eigenvalue weighted by molar-refractivity contribution is 7.99. The van der Waals surface area contributed by atoms with E-state index in [4.69, 9.17) is 4.74 Å². The molecular formula is C20H27F2NO3S. The number of hydrogen-bond acceptors (Lipinski definition) is 4. The van der Waals surface area contributed by atoms with Gasteiger partial charge in [0, 0.05) is 29.2 Å². The first-order chi connectivity index (χ1) is 12.7. The van der Waals surface area contributed by atoms with E-state index in [1.165, 1.54) is 17.8 Å². The molecule has 1 aromatic carbocycles. The van der Waals surface area contributed by atoms with E-state index in [9.17, 15) is 18.7 Å². The molecule has 1 atom stereocenters. The van der Waals surface area contributed by atoms with E-state index in [0.717, 1.165) is 31.1 Å². The minimum Gasteiger partial charge on any atom is -0.387 e. The molecular weight excluding hydrogens is 372 g/mol. The molecule has 2 fully saturated rings. The van der Waals surface area contributed by atoms with Crippen LogP contribution in [0.2, 0.25) is 0 Å². The van der Waals surface area contributed by atoms with Crippen LogP contribution in [-0.4, -0.2) is 42.1 Å². The van der Waals surface area contributed by atoms with Crippen molar-refractivity contribution >= 4 is 17.7 Å². The lowest BCUT2D eigenvalue weighted by molar-refractivity contribution is -0.148. The third kappa shape index (κ3) is 4.63. The molecule has 1 aliphatic carbocycles. The summed E-state index contributed by atoms with van der Waals surface area (Å²) in [5, 5.41) is 13.4. The molecule has 4 nitrogen and oxygen atoms in total. The molecule has 1 heterocycles. The van der Waals surface area contributed by atoms with E-state index >= 15 is 0 Å². The van der Waals surface area contributed by atoms with Crippen molar-refractivity contribution in [3.05, 3.63) is 29.3 Å². The second-order valence-electron chi connectivity index (χ2n) is 8.24. The molecule has 3 rings (SSSR count). The summed E-state index contributed by atoms with van der Waals surface area (Å²) in [6, 6.07) is 2.53. The number of rotatable bonds is 7. The Hall–Kier alpha value is -1.18. The molecule has 150 valence electrons. The fourth-order valence-electron chi connectivity index (χ4n) is 3.21. The first-order valence-corrected chi connectivity index (χ1v) is 10.4. The van der Waals surface area contributed by atoms with Crippen LogP contribution in [-0.2, 0) is 4.74 Å². The maximum Gasteiger partial charge on any atom is 0.257 e. The molecule has 27 heavy (non-hydrogen) atoms. The van der Waals surface area contributed by atoms with Crippen LogP contribution in [0.5, 0.6) is 0 Å². The van der Waals surface area contributed by atoms with Crippen LogP contribution in [0.1, 0.15) is 49.9 Å². The highest BCUT2D eigenvalue weighted by Crippen LogP contribution is 2.38. The zero-order valence-electron chi connectivity index (χ0n) is 15.8. The second kappa shape index (κ2) is 8.05. The largest absolute Gasteiger partial charge is 0.387 e. The van der Waals surface area contributed by atoms with Gasteiger partial charge in [-0.1, -0.05) is 13.8 Å². The maximum absolute atomic E-state index is 14.7. The molecule has 1 amide bonds. The number of aliphatic hydroxyl groups is 1. The quantitative estimate of drug-likeness (QED) is 0.686. The third-order valence-corrected chi connectivity index (χ3v) is 6.89. The van der Waals surface area contributed by atoms with Gasteiger partial charge in [0.1, 0.15) is 11.4 Å². The smallest absolute Gasteiger partial charge is 0.257 e. The standard InChI is InChI=1S/C20H27F2NO3S/c1-19(2,20(25)8-3-9-26-12-20)11-23-18(24)16-14(21)6-7-15(17(16)22)27-10-13-4-5-13/h6-7,13,25H,3-5,8-12H2,1-2H3,(H,23,24). The summed E-state index contributed by atoms with van der Waals surface area (Å²) in [4.78, 5) is 12.8. The van der Waals surface area contributed by atoms with Gasteiger partial charge >= 0.3 is 0 Å². The fourth-order valence-corrected chi connectivity index (χ4v) is 4.35. The van der Waals surface area contributed by atoms with Crippen LogP contribution >= 0.6 is 11.8 Å². The molecule has 1 unspecified atom stereocenters. The number of amides is 1. The monoisotopic (exact) mass is 399 g/mol. The topological polar surface area (TPSA) is 58.6 Å². The number of nitrogens with one attached hydrogen (secondary N) is 1. The highest BCUT2D eigenvalue weighted by Gasteiger charge is 2.45. The SMILES string of the molecule is CC(C)(CNC(=O)c1c(F)ccc(SCC2CC2)c1F)C1(O)CCCOC1. The van der Waals surface area contributed by atoms with Crippen LogP contribution in [0, 0.1) is 23.0 Å². The maximum atomic E-state index is 14.7. The number of thioether (sulfide) groups is 1. The molecule has 1 aliphatic heterocycles.